The Morgan fingerprint density at radius 3 is 2.74 bits per heavy atom. The van der Waals surface area contributed by atoms with E-state index in [1.54, 1.807) is 11.8 Å². The van der Waals surface area contributed by atoms with Crippen LogP contribution in [0.4, 0.5) is 4.79 Å². The van der Waals surface area contributed by atoms with Crippen molar-refractivity contribution in [2.75, 3.05) is 18.6 Å². The van der Waals surface area contributed by atoms with Crippen LogP contribution in [0, 0.1) is 0 Å². The van der Waals surface area contributed by atoms with Gasteiger partial charge in [-0.25, -0.2) is 9.59 Å². The summed E-state index contributed by atoms with van der Waals surface area (Å²) in [6, 6.07) is -0.787. The number of aliphatic carboxylic acids is 1. The van der Waals surface area contributed by atoms with Gasteiger partial charge in [0.1, 0.15) is 6.04 Å². The lowest BCUT2D eigenvalue weighted by Gasteiger charge is -2.29. The standard InChI is InChI=1S/C13H24N2O3S/c1-3-10(9-19-2)14-13(18)15-8-6-4-5-7-11(15)12(16)17/h10-11H,3-9H2,1-2H3,(H,14,18)(H,16,17). The molecule has 0 bridgehead atoms. The van der Waals surface area contributed by atoms with E-state index in [2.05, 4.69) is 5.32 Å². The van der Waals surface area contributed by atoms with Crippen LogP contribution in [-0.2, 0) is 4.79 Å². The number of rotatable bonds is 5. The zero-order valence-electron chi connectivity index (χ0n) is 11.7. The molecule has 110 valence electrons. The fraction of sp³-hybridized carbons (Fsp3) is 0.846. The number of hydrogen-bond acceptors (Lipinski definition) is 3. The third kappa shape index (κ3) is 4.93. The van der Waals surface area contributed by atoms with Gasteiger partial charge in [-0.05, 0) is 25.5 Å². The minimum atomic E-state index is -0.894. The van der Waals surface area contributed by atoms with Gasteiger partial charge in [0, 0.05) is 18.3 Å². The molecular formula is C13H24N2O3S. The van der Waals surface area contributed by atoms with Gasteiger partial charge in [0.05, 0.1) is 0 Å². The van der Waals surface area contributed by atoms with Crippen LogP contribution in [0.15, 0.2) is 0 Å². The van der Waals surface area contributed by atoms with Crippen molar-refractivity contribution in [3.8, 4) is 0 Å². The maximum Gasteiger partial charge on any atom is 0.326 e. The molecule has 0 radical (unpaired) electrons. The molecule has 1 aliphatic heterocycles. The van der Waals surface area contributed by atoms with Crippen molar-refractivity contribution in [1.82, 2.24) is 10.2 Å². The van der Waals surface area contributed by atoms with Gasteiger partial charge < -0.3 is 15.3 Å². The average molecular weight is 288 g/mol. The lowest BCUT2D eigenvalue weighted by atomic mass is 10.1. The number of likely N-dealkylation sites (tertiary alicyclic amines) is 1. The highest BCUT2D eigenvalue weighted by Crippen LogP contribution is 2.17. The Morgan fingerprint density at radius 2 is 2.16 bits per heavy atom. The molecule has 0 aliphatic carbocycles. The summed E-state index contributed by atoms with van der Waals surface area (Å²) in [6.07, 6.45) is 6.18. The third-order valence-electron chi connectivity index (χ3n) is 3.49. The molecule has 1 fully saturated rings. The average Bonchev–Trinajstić information content (AvgIpc) is 2.63. The van der Waals surface area contributed by atoms with Gasteiger partial charge in [-0.3, -0.25) is 0 Å². The van der Waals surface area contributed by atoms with Crippen molar-refractivity contribution in [1.29, 1.82) is 0 Å². The topological polar surface area (TPSA) is 69.6 Å². The molecule has 0 aromatic heterocycles. The molecule has 0 spiro atoms. The van der Waals surface area contributed by atoms with Crippen LogP contribution in [0.1, 0.15) is 39.0 Å². The number of nitrogens with zero attached hydrogens (tertiary/aromatic N) is 1. The van der Waals surface area contributed by atoms with Crippen LogP contribution >= 0.6 is 11.8 Å². The summed E-state index contributed by atoms with van der Waals surface area (Å²) in [5.41, 5.74) is 0. The van der Waals surface area contributed by atoms with E-state index in [1.165, 1.54) is 4.90 Å². The molecule has 2 unspecified atom stereocenters. The lowest BCUT2D eigenvalue weighted by molar-refractivity contribution is -0.142. The number of nitrogens with one attached hydrogen (secondary N) is 1. The minimum Gasteiger partial charge on any atom is -0.480 e. The highest BCUT2D eigenvalue weighted by Gasteiger charge is 2.31. The Bertz CT molecular complexity index is 312. The van der Waals surface area contributed by atoms with Crippen LogP contribution < -0.4 is 5.32 Å². The van der Waals surface area contributed by atoms with Crippen molar-refractivity contribution in [3.05, 3.63) is 0 Å². The van der Waals surface area contributed by atoms with E-state index in [0.717, 1.165) is 31.4 Å². The van der Waals surface area contributed by atoms with E-state index in [1.807, 2.05) is 13.2 Å². The highest BCUT2D eigenvalue weighted by atomic mass is 32.2. The smallest absolute Gasteiger partial charge is 0.326 e. The summed E-state index contributed by atoms with van der Waals surface area (Å²) in [4.78, 5) is 25.0. The van der Waals surface area contributed by atoms with Crippen LogP contribution in [0.3, 0.4) is 0 Å². The van der Waals surface area contributed by atoms with Gasteiger partial charge in [-0.1, -0.05) is 19.8 Å². The van der Waals surface area contributed by atoms with Gasteiger partial charge in [0.2, 0.25) is 0 Å². The number of urea groups is 1. The second-order valence-corrected chi connectivity index (χ2v) is 5.82. The number of carbonyl (C=O) groups is 2. The molecule has 0 saturated carbocycles. The Balaban J connectivity index is 2.67. The van der Waals surface area contributed by atoms with Gasteiger partial charge in [-0.2, -0.15) is 11.8 Å². The highest BCUT2D eigenvalue weighted by molar-refractivity contribution is 7.98. The van der Waals surface area contributed by atoms with Crippen molar-refractivity contribution < 1.29 is 14.7 Å². The first-order valence-corrected chi connectivity index (χ1v) is 8.28. The van der Waals surface area contributed by atoms with E-state index in [0.29, 0.717) is 13.0 Å². The number of thioether (sulfide) groups is 1. The summed E-state index contributed by atoms with van der Waals surface area (Å²) in [6.45, 7) is 2.57. The molecule has 2 atom stereocenters. The Labute approximate surface area is 119 Å². The first-order chi connectivity index (χ1) is 9.10. The maximum atomic E-state index is 12.3. The van der Waals surface area contributed by atoms with Crippen molar-refractivity contribution in [2.45, 2.75) is 51.1 Å². The van der Waals surface area contributed by atoms with Crippen molar-refractivity contribution >= 4 is 23.8 Å². The number of hydrogen-bond donors (Lipinski definition) is 2. The summed E-state index contributed by atoms with van der Waals surface area (Å²) in [7, 11) is 0. The summed E-state index contributed by atoms with van der Waals surface area (Å²) >= 11 is 1.68. The fourth-order valence-corrected chi connectivity index (χ4v) is 3.05. The first-order valence-electron chi connectivity index (χ1n) is 6.89. The predicted molar refractivity (Wildman–Crippen MR) is 77.6 cm³/mol. The number of carbonyl (C=O) groups excluding carboxylic acids is 1. The Hall–Kier alpha value is -0.910. The summed E-state index contributed by atoms with van der Waals surface area (Å²) < 4.78 is 0. The van der Waals surface area contributed by atoms with Gasteiger partial charge in [-0.15, -0.1) is 0 Å². The normalized spacial score (nSPS) is 21.6. The summed E-state index contributed by atoms with van der Waals surface area (Å²) in [5.74, 6) is -0.0386. The molecule has 1 aliphatic rings. The molecule has 2 amide bonds. The minimum absolute atomic E-state index is 0.111. The predicted octanol–water partition coefficient (Wildman–Crippen LogP) is 2.17. The SMILES string of the molecule is CCC(CSC)NC(=O)N1CCCCCC1C(=O)O. The van der Waals surface area contributed by atoms with E-state index in [4.69, 9.17) is 0 Å². The lowest BCUT2D eigenvalue weighted by Crippen LogP contribution is -2.52. The first kappa shape index (κ1) is 16.1. The maximum absolute atomic E-state index is 12.3. The zero-order valence-corrected chi connectivity index (χ0v) is 12.5. The van der Waals surface area contributed by atoms with E-state index < -0.39 is 12.0 Å². The molecule has 1 saturated heterocycles. The quantitative estimate of drug-likeness (QED) is 0.813. The van der Waals surface area contributed by atoms with Crippen LogP contribution in [0.2, 0.25) is 0 Å². The van der Waals surface area contributed by atoms with E-state index >= 15 is 0 Å². The monoisotopic (exact) mass is 288 g/mol. The molecule has 1 heterocycles. The van der Waals surface area contributed by atoms with Crippen LogP contribution in [0.25, 0.3) is 0 Å². The van der Waals surface area contributed by atoms with Gasteiger partial charge in [0.15, 0.2) is 0 Å². The molecule has 5 nitrogen and oxygen atoms in total. The van der Waals surface area contributed by atoms with E-state index in [-0.39, 0.29) is 12.1 Å². The van der Waals surface area contributed by atoms with Gasteiger partial charge in [0.25, 0.3) is 0 Å². The molecule has 19 heavy (non-hydrogen) atoms. The molecule has 1 rings (SSSR count). The van der Waals surface area contributed by atoms with Crippen LogP contribution in [-0.4, -0.2) is 52.6 Å². The molecule has 6 heteroatoms. The number of carboxylic acids is 1. The third-order valence-corrected chi connectivity index (χ3v) is 4.22. The zero-order chi connectivity index (χ0) is 14.3. The Morgan fingerprint density at radius 1 is 1.42 bits per heavy atom. The van der Waals surface area contributed by atoms with E-state index in [9.17, 15) is 14.7 Å². The van der Waals surface area contributed by atoms with Crippen molar-refractivity contribution in [3.63, 3.8) is 0 Å². The Kier molecular flexibility index (Phi) is 7.05. The second-order valence-electron chi connectivity index (χ2n) is 4.91. The second kappa shape index (κ2) is 8.30. The molecule has 0 aromatic carbocycles. The fourth-order valence-electron chi connectivity index (χ4n) is 2.33. The molecule has 2 N–H and O–H groups in total. The van der Waals surface area contributed by atoms with Crippen LogP contribution in [0.5, 0.6) is 0 Å². The van der Waals surface area contributed by atoms with Gasteiger partial charge >= 0.3 is 12.0 Å². The van der Waals surface area contributed by atoms with Crippen molar-refractivity contribution in [2.24, 2.45) is 0 Å². The largest absolute Gasteiger partial charge is 0.480 e. The molecular weight excluding hydrogens is 264 g/mol. The summed E-state index contributed by atoms with van der Waals surface area (Å²) in [5, 5.41) is 12.2. The number of amides is 2. The number of carboxylic acid groups (broad SMARTS) is 1. The molecule has 0 aromatic rings.